The summed E-state index contributed by atoms with van der Waals surface area (Å²) in [6, 6.07) is 9.19. The highest BCUT2D eigenvalue weighted by molar-refractivity contribution is 6.17. The molecule has 2 fully saturated rings. The number of ether oxygens (including phenoxy) is 2. The summed E-state index contributed by atoms with van der Waals surface area (Å²) in [5, 5.41) is 0. The van der Waals surface area contributed by atoms with Crippen molar-refractivity contribution in [2.45, 2.75) is 49.3 Å². The maximum Gasteiger partial charge on any atom is 0.126 e. The number of fused-ring (bicyclic) bond motifs is 10. The monoisotopic (exact) mass is 416 g/mol. The number of halogens is 2. The van der Waals surface area contributed by atoms with E-state index < -0.39 is 0 Å². The van der Waals surface area contributed by atoms with Gasteiger partial charge in [-0.15, -0.1) is 23.2 Å². The molecule has 0 radical (unpaired) electrons. The van der Waals surface area contributed by atoms with Crippen molar-refractivity contribution in [1.29, 1.82) is 0 Å². The van der Waals surface area contributed by atoms with Crippen molar-refractivity contribution in [3.8, 4) is 11.5 Å². The zero-order chi connectivity index (χ0) is 19.4. The molecule has 0 heterocycles. The Bertz CT molecular complexity index is 923. The van der Waals surface area contributed by atoms with Crippen molar-refractivity contribution < 1.29 is 9.47 Å². The highest BCUT2D eigenvalue weighted by atomic mass is 35.5. The lowest BCUT2D eigenvalue weighted by molar-refractivity contribution is -0.0133. The van der Waals surface area contributed by atoms with Crippen LogP contribution in [0.5, 0.6) is 11.5 Å². The van der Waals surface area contributed by atoms with E-state index in [2.05, 4.69) is 24.3 Å². The third-order valence-corrected chi connectivity index (χ3v) is 7.97. The van der Waals surface area contributed by atoms with Crippen LogP contribution in [0.15, 0.2) is 24.3 Å². The molecule has 148 valence electrons. The number of aryl methyl sites for hydroxylation is 2. The van der Waals surface area contributed by atoms with Crippen LogP contribution < -0.4 is 9.47 Å². The molecule has 28 heavy (non-hydrogen) atoms. The van der Waals surface area contributed by atoms with Gasteiger partial charge in [0.15, 0.2) is 0 Å². The second-order valence-electron chi connectivity index (χ2n) is 8.46. The first-order valence-electron chi connectivity index (χ1n) is 10.2. The molecular weight excluding hydrogens is 391 g/mol. The van der Waals surface area contributed by atoms with Crippen LogP contribution in [-0.2, 0) is 24.6 Å². The van der Waals surface area contributed by atoms with Gasteiger partial charge in [-0.2, -0.15) is 0 Å². The minimum atomic E-state index is 0.483. The normalized spacial score (nSPS) is 27.0. The maximum atomic E-state index is 6.32. The van der Waals surface area contributed by atoms with E-state index in [4.69, 9.17) is 32.7 Å². The van der Waals surface area contributed by atoms with Crippen molar-refractivity contribution in [3.63, 3.8) is 0 Å². The largest absolute Gasteiger partial charge is 0.496 e. The van der Waals surface area contributed by atoms with Gasteiger partial charge in [0, 0.05) is 11.4 Å². The van der Waals surface area contributed by atoms with Crippen LogP contribution in [0, 0.1) is 11.8 Å². The van der Waals surface area contributed by atoms with Gasteiger partial charge in [-0.05, 0) is 83.2 Å². The quantitative estimate of drug-likeness (QED) is 0.553. The fourth-order valence-electron chi connectivity index (χ4n) is 5.96. The fourth-order valence-corrected chi connectivity index (χ4v) is 6.41. The van der Waals surface area contributed by atoms with Crippen LogP contribution >= 0.6 is 23.2 Å². The number of hydrogen-bond donors (Lipinski definition) is 0. The SMILES string of the molecule is COc1cc(CCl)c2cc1C1C3CCC3C1c1cc(cc(CCl)c1OC)CC2. The molecule has 2 saturated carbocycles. The predicted molar refractivity (Wildman–Crippen MR) is 114 cm³/mol. The van der Waals surface area contributed by atoms with E-state index in [9.17, 15) is 0 Å². The van der Waals surface area contributed by atoms with Gasteiger partial charge >= 0.3 is 0 Å². The molecule has 0 spiro atoms. The first kappa shape index (κ1) is 18.6. The summed E-state index contributed by atoms with van der Waals surface area (Å²) in [5.74, 6) is 5.46. The number of benzene rings is 2. The van der Waals surface area contributed by atoms with Gasteiger partial charge in [-0.3, -0.25) is 0 Å². The molecule has 0 aromatic heterocycles. The van der Waals surface area contributed by atoms with Crippen LogP contribution in [0.25, 0.3) is 0 Å². The standard InChI is InChI=1S/C24H26Cl2O2/c1-27-21-10-15(11-25)14-4-3-13-7-16(12-26)24(28-2)20(8-13)23-18-6-5-17(18)22(23)19(21)9-14/h7-10,17-18,22-23H,3-6,11-12H2,1-2H3. The lowest BCUT2D eigenvalue weighted by atomic mass is 9.44. The summed E-state index contributed by atoms with van der Waals surface area (Å²) in [6.45, 7) is 0. The minimum Gasteiger partial charge on any atom is -0.496 e. The molecule has 3 aliphatic carbocycles. The Kier molecular flexibility index (Phi) is 4.76. The van der Waals surface area contributed by atoms with E-state index in [1.54, 1.807) is 14.2 Å². The molecule has 2 nitrogen and oxygen atoms in total. The third kappa shape index (κ3) is 2.60. The molecule has 0 aliphatic heterocycles. The first-order valence-corrected chi connectivity index (χ1v) is 11.3. The summed E-state index contributed by atoms with van der Waals surface area (Å²) < 4.78 is 11.7. The minimum absolute atomic E-state index is 0.483. The van der Waals surface area contributed by atoms with Crippen molar-refractivity contribution in [2.24, 2.45) is 11.8 Å². The topological polar surface area (TPSA) is 18.5 Å². The number of rotatable bonds is 4. The van der Waals surface area contributed by atoms with Crippen LogP contribution in [-0.4, -0.2) is 14.2 Å². The summed E-state index contributed by atoms with van der Waals surface area (Å²) in [6.07, 6.45) is 4.59. The Labute approximate surface area is 177 Å². The second kappa shape index (κ2) is 7.15. The molecule has 4 bridgehead atoms. The van der Waals surface area contributed by atoms with E-state index in [-0.39, 0.29) is 0 Å². The molecule has 4 heteroatoms. The van der Waals surface area contributed by atoms with Gasteiger partial charge in [0.1, 0.15) is 11.5 Å². The summed E-state index contributed by atoms with van der Waals surface area (Å²) in [4.78, 5) is 0. The Hall–Kier alpha value is -1.38. The van der Waals surface area contributed by atoms with E-state index in [1.807, 2.05) is 0 Å². The average molecular weight is 417 g/mol. The predicted octanol–water partition coefficient (Wildman–Crippen LogP) is 6.19. The average Bonchev–Trinajstić information content (AvgIpc) is 2.71. The zero-order valence-electron chi connectivity index (χ0n) is 16.4. The van der Waals surface area contributed by atoms with Crippen LogP contribution in [0.2, 0.25) is 0 Å². The van der Waals surface area contributed by atoms with Gasteiger partial charge in [-0.25, -0.2) is 0 Å². The zero-order valence-corrected chi connectivity index (χ0v) is 17.9. The van der Waals surface area contributed by atoms with Crippen molar-refractivity contribution >= 4 is 23.2 Å². The highest BCUT2D eigenvalue weighted by Crippen LogP contribution is 2.69. The van der Waals surface area contributed by atoms with E-state index in [0.29, 0.717) is 23.6 Å². The number of hydrogen-bond acceptors (Lipinski definition) is 2. The van der Waals surface area contributed by atoms with Crippen molar-refractivity contribution in [3.05, 3.63) is 57.6 Å². The Morgan fingerprint density at radius 2 is 1.54 bits per heavy atom. The second-order valence-corrected chi connectivity index (χ2v) is 9.00. The fraction of sp³-hybridized carbons (Fsp3) is 0.500. The molecule has 3 aliphatic rings. The molecule has 0 amide bonds. The highest BCUT2D eigenvalue weighted by Gasteiger charge is 2.57. The molecule has 2 aromatic carbocycles. The van der Waals surface area contributed by atoms with Crippen LogP contribution in [0.1, 0.15) is 58.1 Å². The van der Waals surface area contributed by atoms with E-state index in [1.165, 1.54) is 40.7 Å². The molecule has 0 saturated heterocycles. The molecule has 5 rings (SSSR count). The third-order valence-electron chi connectivity index (χ3n) is 7.39. The summed E-state index contributed by atoms with van der Waals surface area (Å²) >= 11 is 12.6. The maximum absolute atomic E-state index is 6.32. The van der Waals surface area contributed by atoms with E-state index >= 15 is 0 Å². The summed E-state index contributed by atoms with van der Waals surface area (Å²) in [7, 11) is 3.56. The lowest BCUT2D eigenvalue weighted by Crippen LogP contribution is -2.50. The van der Waals surface area contributed by atoms with Crippen LogP contribution in [0.4, 0.5) is 0 Å². The first-order chi connectivity index (χ1) is 13.7. The molecule has 4 unspecified atom stereocenters. The molecular formula is C24H26Cl2O2. The molecule has 4 atom stereocenters. The van der Waals surface area contributed by atoms with Crippen LogP contribution in [0.3, 0.4) is 0 Å². The van der Waals surface area contributed by atoms with Gasteiger partial charge in [0.2, 0.25) is 0 Å². The Balaban J connectivity index is 1.72. The van der Waals surface area contributed by atoms with Gasteiger partial charge in [0.05, 0.1) is 20.1 Å². The lowest BCUT2D eigenvalue weighted by Gasteiger charge is -2.60. The van der Waals surface area contributed by atoms with Gasteiger partial charge < -0.3 is 9.47 Å². The van der Waals surface area contributed by atoms with Gasteiger partial charge in [0.25, 0.3) is 0 Å². The summed E-state index contributed by atoms with van der Waals surface area (Å²) in [5.41, 5.74) is 7.74. The molecule has 0 N–H and O–H groups in total. The van der Waals surface area contributed by atoms with E-state index in [0.717, 1.165) is 41.7 Å². The molecule has 2 aromatic rings. The van der Waals surface area contributed by atoms with Crippen molar-refractivity contribution in [1.82, 2.24) is 0 Å². The number of methoxy groups -OCH3 is 2. The van der Waals surface area contributed by atoms with Crippen molar-refractivity contribution in [2.75, 3.05) is 14.2 Å². The smallest absolute Gasteiger partial charge is 0.126 e. The van der Waals surface area contributed by atoms with Gasteiger partial charge in [-0.1, -0.05) is 18.2 Å². The number of alkyl halides is 2. The Morgan fingerprint density at radius 3 is 2.14 bits per heavy atom. The Morgan fingerprint density at radius 1 is 0.821 bits per heavy atom.